The summed E-state index contributed by atoms with van der Waals surface area (Å²) in [6.07, 6.45) is 12.2. The Morgan fingerprint density at radius 3 is 2.54 bits per heavy atom. The molecule has 0 bridgehead atoms. The van der Waals surface area contributed by atoms with Crippen molar-refractivity contribution in [3.63, 3.8) is 0 Å². The van der Waals surface area contributed by atoms with Crippen LogP contribution in [0.15, 0.2) is 28.9 Å². The average molecular weight is 408 g/mol. The molecule has 2 N–H and O–H groups in total. The highest BCUT2D eigenvalue weighted by Crippen LogP contribution is 2.32. The molecule has 0 amide bonds. The molecule has 0 heterocycles. The fraction of sp³-hybridized carbons (Fsp3) is 0.609. The second kappa shape index (κ2) is 11.5. The summed E-state index contributed by atoms with van der Waals surface area (Å²) in [5.41, 5.74) is 6.99. The zero-order chi connectivity index (χ0) is 20.5. The number of nitrogens with zero attached hydrogens (tertiary/aromatic N) is 1. The Balaban J connectivity index is 0.000000237. The van der Waals surface area contributed by atoms with Crippen molar-refractivity contribution in [3.05, 3.63) is 40.2 Å². The highest BCUT2D eigenvalue weighted by molar-refractivity contribution is 6.31. The summed E-state index contributed by atoms with van der Waals surface area (Å²) in [5, 5.41) is 7.80. The third-order valence-electron chi connectivity index (χ3n) is 5.35. The molecule has 0 spiro atoms. The molecule has 1 aromatic carbocycles. The fourth-order valence-corrected chi connectivity index (χ4v) is 4.16. The minimum Gasteiger partial charge on any atom is -0.380 e. The molecule has 3 nitrogen and oxygen atoms in total. The molecule has 156 valence electrons. The molecule has 28 heavy (non-hydrogen) atoms. The Bertz CT molecular complexity index is 691. The van der Waals surface area contributed by atoms with Crippen LogP contribution >= 0.6 is 11.6 Å². The Morgan fingerprint density at radius 2 is 1.96 bits per heavy atom. The molecule has 0 saturated heterocycles. The standard InChI is InChI=1S/C15H21ClFN.C8H14N2/c1-10(2)18-15-8-12(13(16)9-14(15)17)7-11-5-3-4-6-11;1-7(10-9-2)8-5-3-4-6-8/h8-11,18H,3-7H2,1-2H3;5,9H,3-4,6H2,1-2H3/b;10-7-. The first kappa shape index (κ1) is 22.7. The van der Waals surface area contributed by atoms with Gasteiger partial charge in [0.2, 0.25) is 0 Å². The van der Waals surface area contributed by atoms with Crippen LogP contribution in [0.5, 0.6) is 0 Å². The number of allylic oxidation sites excluding steroid dienone is 2. The van der Waals surface area contributed by atoms with E-state index in [4.69, 9.17) is 11.6 Å². The average Bonchev–Trinajstić information content (AvgIpc) is 3.33. The van der Waals surface area contributed by atoms with Crippen molar-refractivity contribution in [1.29, 1.82) is 0 Å². The molecule has 0 unspecified atom stereocenters. The quantitative estimate of drug-likeness (QED) is 0.405. The molecule has 2 aliphatic carbocycles. The van der Waals surface area contributed by atoms with E-state index in [0.717, 1.165) is 23.6 Å². The molecular weight excluding hydrogens is 373 g/mol. The van der Waals surface area contributed by atoms with E-state index < -0.39 is 0 Å². The zero-order valence-corrected chi connectivity index (χ0v) is 18.5. The summed E-state index contributed by atoms with van der Waals surface area (Å²) in [6.45, 7) is 6.06. The highest BCUT2D eigenvalue weighted by atomic mass is 35.5. The molecule has 1 fully saturated rings. The summed E-state index contributed by atoms with van der Waals surface area (Å²) >= 11 is 6.15. The molecule has 0 aliphatic heterocycles. The van der Waals surface area contributed by atoms with Crippen LogP contribution in [0.3, 0.4) is 0 Å². The molecule has 0 radical (unpaired) electrons. The van der Waals surface area contributed by atoms with E-state index >= 15 is 0 Å². The van der Waals surface area contributed by atoms with Crippen molar-refractivity contribution in [2.24, 2.45) is 11.0 Å². The predicted octanol–water partition coefficient (Wildman–Crippen LogP) is 6.72. The minimum absolute atomic E-state index is 0.222. The van der Waals surface area contributed by atoms with Crippen LogP contribution in [0.25, 0.3) is 0 Å². The lowest BCUT2D eigenvalue weighted by Gasteiger charge is -2.15. The molecule has 1 saturated carbocycles. The van der Waals surface area contributed by atoms with Crippen LogP contribution in [0.1, 0.15) is 71.3 Å². The van der Waals surface area contributed by atoms with Crippen molar-refractivity contribution in [2.45, 2.75) is 78.2 Å². The maximum Gasteiger partial charge on any atom is 0.147 e. The van der Waals surface area contributed by atoms with E-state index in [9.17, 15) is 4.39 Å². The Morgan fingerprint density at radius 1 is 1.25 bits per heavy atom. The molecule has 5 heteroatoms. The zero-order valence-electron chi connectivity index (χ0n) is 17.7. The van der Waals surface area contributed by atoms with Gasteiger partial charge in [0.05, 0.1) is 11.4 Å². The number of hydrogen-bond acceptors (Lipinski definition) is 3. The van der Waals surface area contributed by atoms with E-state index in [0.29, 0.717) is 10.7 Å². The van der Waals surface area contributed by atoms with Crippen molar-refractivity contribution < 1.29 is 4.39 Å². The van der Waals surface area contributed by atoms with Crippen LogP contribution in [-0.2, 0) is 6.42 Å². The van der Waals surface area contributed by atoms with E-state index in [-0.39, 0.29) is 11.9 Å². The molecule has 0 atom stereocenters. The summed E-state index contributed by atoms with van der Waals surface area (Å²) in [7, 11) is 1.83. The van der Waals surface area contributed by atoms with Crippen molar-refractivity contribution in [1.82, 2.24) is 5.43 Å². The number of nitrogens with one attached hydrogen (secondary N) is 2. The van der Waals surface area contributed by atoms with E-state index in [1.54, 1.807) is 0 Å². The van der Waals surface area contributed by atoms with Crippen LogP contribution < -0.4 is 10.7 Å². The molecule has 0 aromatic heterocycles. The largest absolute Gasteiger partial charge is 0.380 e. The topological polar surface area (TPSA) is 36.4 Å². The summed E-state index contributed by atoms with van der Waals surface area (Å²) in [5.74, 6) is 0.462. The van der Waals surface area contributed by atoms with Gasteiger partial charge < -0.3 is 10.7 Å². The van der Waals surface area contributed by atoms with Gasteiger partial charge in [-0.2, -0.15) is 5.10 Å². The van der Waals surface area contributed by atoms with Gasteiger partial charge in [0.25, 0.3) is 0 Å². The second-order valence-electron chi connectivity index (χ2n) is 8.12. The van der Waals surface area contributed by atoms with Gasteiger partial charge in [-0.25, -0.2) is 4.39 Å². The van der Waals surface area contributed by atoms with Crippen LogP contribution in [0.4, 0.5) is 10.1 Å². The lowest BCUT2D eigenvalue weighted by atomic mass is 9.97. The maximum atomic E-state index is 13.8. The summed E-state index contributed by atoms with van der Waals surface area (Å²) < 4.78 is 13.8. The van der Waals surface area contributed by atoms with Crippen molar-refractivity contribution in [3.8, 4) is 0 Å². The summed E-state index contributed by atoms with van der Waals surface area (Å²) in [6, 6.07) is 3.55. The SMILES string of the molecule is CC(C)Nc1cc(CC2CCCC2)c(Cl)cc1F.CN/N=C(/C)C1=CCCC1. The normalized spacial score (nSPS) is 17.4. The maximum absolute atomic E-state index is 13.8. The summed E-state index contributed by atoms with van der Waals surface area (Å²) in [4.78, 5) is 0. The minimum atomic E-state index is -0.260. The van der Waals surface area contributed by atoms with Gasteiger partial charge >= 0.3 is 0 Å². The fourth-order valence-electron chi connectivity index (χ4n) is 3.94. The first-order valence-electron chi connectivity index (χ1n) is 10.6. The van der Waals surface area contributed by atoms with E-state index in [2.05, 4.69) is 21.9 Å². The van der Waals surface area contributed by atoms with Gasteiger partial charge in [-0.05, 0) is 75.6 Å². The molecule has 1 aromatic rings. The third-order valence-corrected chi connectivity index (χ3v) is 5.70. The van der Waals surface area contributed by atoms with E-state index in [1.165, 1.54) is 56.6 Å². The molecular formula is C23H35ClFN3. The lowest BCUT2D eigenvalue weighted by Crippen LogP contribution is -2.12. The van der Waals surface area contributed by atoms with Crippen LogP contribution in [0.2, 0.25) is 5.02 Å². The van der Waals surface area contributed by atoms with Crippen molar-refractivity contribution in [2.75, 3.05) is 12.4 Å². The first-order valence-corrected chi connectivity index (χ1v) is 10.9. The molecule has 2 aliphatic rings. The Hall–Kier alpha value is -1.55. The van der Waals surface area contributed by atoms with Gasteiger partial charge in [0.1, 0.15) is 5.82 Å². The molecule has 3 rings (SSSR count). The van der Waals surface area contributed by atoms with Crippen LogP contribution in [-0.4, -0.2) is 18.8 Å². The monoisotopic (exact) mass is 407 g/mol. The van der Waals surface area contributed by atoms with Gasteiger partial charge in [-0.1, -0.05) is 43.4 Å². The van der Waals surface area contributed by atoms with Gasteiger partial charge in [-0.3, -0.25) is 0 Å². The Kier molecular flexibility index (Phi) is 9.30. The van der Waals surface area contributed by atoms with Crippen LogP contribution in [0, 0.1) is 11.7 Å². The van der Waals surface area contributed by atoms with Gasteiger partial charge in [0, 0.05) is 18.1 Å². The number of benzene rings is 1. The number of halogens is 2. The van der Waals surface area contributed by atoms with Crippen molar-refractivity contribution >= 4 is 23.0 Å². The lowest BCUT2D eigenvalue weighted by molar-refractivity contribution is 0.545. The predicted molar refractivity (Wildman–Crippen MR) is 120 cm³/mol. The first-order chi connectivity index (χ1) is 13.4. The number of rotatable bonds is 6. The van der Waals surface area contributed by atoms with Gasteiger partial charge in [0.15, 0.2) is 0 Å². The van der Waals surface area contributed by atoms with Gasteiger partial charge in [-0.15, -0.1) is 0 Å². The second-order valence-corrected chi connectivity index (χ2v) is 8.53. The highest BCUT2D eigenvalue weighted by Gasteiger charge is 2.18. The number of anilines is 1. The number of hydrogen-bond donors (Lipinski definition) is 2. The van der Waals surface area contributed by atoms with E-state index in [1.807, 2.05) is 33.9 Å². The number of hydrazone groups is 1. The Labute approximate surface area is 174 Å². The third kappa shape index (κ3) is 7.12. The smallest absolute Gasteiger partial charge is 0.147 e.